The SMILES string of the molecule is Cc1noc(C)c1[C@H](C)N[C@@H](C)c1ccc(NC(=O)NC2CC2)cc1. The van der Waals surface area contributed by atoms with Gasteiger partial charge in [-0.15, -0.1) is 0 Å². The highest BCUT2D eigenvalue weighted by Gasteiger charge is 2.23. The average Bonchev–Trinajstić information content (AvgIpc) is 3.30. The maximum absolute atomic E-state index is 11.8. The fourth-order valence-corrected chi connectivity index (χ4v) is 3.10. The number of urea groups is 1. The molecule has 2 atom stereocenters. The Morgan fingerprint density at radius 2 is 1.84 bits per heavy atom. The summed E-state index contributed by atoms with van der Waals surface area (Å²) < 4.78 is 5.25. The van der Waals surface area contributed by atoms with Crippen LogP contribution in [-0.4, -0.2) is 17.2 Å². The molecule has 3 rings (SSSR count). The molecule has 0 unspecified atom stereocenters. The standard InChI is InChI=1S/C19H26N4O2/c1-11(20-12(2)18-13(3)23-25-14(18)4)15-5-7-16(8-6-15)21-19(24)22-17-9-10-17/h5-8,11-12,17,20H,9-10H2,1-4H3,(H2,21,22,24)/t11-,12-/m0/s1. The van der Waals surface area contributed by atoms with Gasteiger partial charge in [-0.1, -0.05) is 17.3 Å². The number of aryl methyl sites for hydroxylation is 2. The third-order valence-electron chi connectivity index (χ3n) is 4.60. The van der Waals surface area contributed by atoms with Crippen LogP contribution < -0.4 is 16.0 Å². The van der Waals surface area contributed by atoms with Crippen LogP contribution >= 0.6 is 0 Å². The lowest BCUT2D eigenvalue weighted by Crippen LogP contribution is -2.30. The zero-order valence-electron chi connectivity index (χ0n) is 15.2. The summed E-state index contributed by atoms with van der Waals surface area (Å²) in [6.07, 6.45) is 2.16. The van der Waals surface area contributed by atoms with Crippen molar-refractivity contribution in [2.24, 2.45) is 0 Å². The van der Waals surface area contributed by atoms with Crippen molar-refractivity contribution in [1.82, 2.24) is 15.8 Å². The van der Waals surface area contributed by atoms with Crippen molar-refractivity contribution in [2.75, 3.05) is 5.32 Å². The molecule has 0 spiro atoms. The second-order valence-electron chi connectivity index (χ2n) is 6.84. The summed E-state index contributed by atoms with van der Waals surface area (Å²) in [5.41, 5.74) is 3.99. The summed E-state index contributed by atoms with van der Waals surface area (Å²) in [4.78, 5) is 11.8. The Kier molecular flexibility index (Phi) is 5.08. The van der Waals surface area contributed by atoms with E-state index in [2.05, 4.69) is 35.0 Å². The van der Waals surface area contributed by atoms with Gasteiger partial charge in [-0.25, -0.2) is 4.79 Å². The molecule has 0 bridgehead atoms. The number of nitrogens with one attached hydrogen (secondary N) is 3. The van der Waals surface area contributed by atoms with E-state index in [4.69, 9.17) is 4.52 Å². The fraction of sp³-hybridized carbons (Fsp3) is 0.474. The van der Waals surface area contributed by atoms with Gasteiger partial charge in [0.1, 0.15) is 5.76 Å². The third-order valence-corrected chi connectivity index (χ3v) is 4.60. The first kappa shape index (κ1) is 17.5. The van der Waals surface area contributed by atoms with E-state index >= 15 is 0 Å². The van der Waals surface area contributed by atoms with Gasteiger partial charge in [0, 0.05) is 29.4 Å². The van der Waals surface area contributed by atoms with Crippen molar-refractivity contribution >= 4 is 11.7 Å². The van der Waals surface area contributed by atoms with Gasteiger partial charge in [0.15, 0.2) is 0 Å². The minimum Gasteiger partial charge on any atom is -0.361 e. The Bertz CT molecular complexity index is 715. The van der Waals surface area contributed by atoms with E-state index in [9.17, 15) is 4.79 Å². The maximum Gasteiger partial charge on any atom is 0.319 e. The highest BCUT2D eigenvalue weighted by atomic mass is 16.5. The van der Waals surface area contributed by atoms with Crippen LogP contribution in [0.15, 0.2) is 28.8 Å². The quantitative estimate of drug-likeness (QED) is 0.742. The first-order chi connectivity index (χ1) is 11.9. The first-order valence-electron chi connectivity index (χ1n) is 8.80. The largest absolute Gasteiger partial charge is 0.361 e. The lowest BCUT2D eigenvalue weighted by Gasteiger charge is -2.20. The van der Waals surface area contributed by atoms with Gasteiger partial charge in [0.25, 0.3) is 0 Å². The second kappa shape index (κ2) is 7.27. The Morgan fingerprint density at radius 1 is 1.16 bits per heavy atom. The molecule has 134 valence electrons. The van der Waals surface area contributed by atoms with Crippen molar-refractivity contribution in [1.29, 1.82) is 0 Å². The summed E-state index contributed by atoms with van der Waals surface area (Å²) in [6, 6.07) is 8.46. The highest BCUT2D eigenvalue weighted by molar-refractivity contribution is 5.89. The summed E-state index contributed by atoms with van der Waals surface area (Å²) in [5.74, 6) is 0.853. The molecule has 0 aliphatic heterocycles. The van der Waals surface area contributed by atoms with Crippen LogP contribution in [-0.2, 0) is 0 Å². The summed E-state index contributed by atoms with van der Waals surface area (Å²) in [7, 11) is 0. The van der Waals surface area contributed by atoms with E-state index in [1.807, 2.05) is 38.1 Å². The zero-order valence-corrected chi connectivity index (χ0v) is 15.2. The number of hydrogen-bond acceptors (Lipinski definition) is 4. The van der Waals surface area contributed by atoms with Crippen LogP contribution in [0.4, 0.5) is 10.5 Å². The molecule has 2 aromatic rings. The lowest BCUT2D eigenvalue weighted by molar-refractivity contribution is 0.251. The number of rotatable bonds is 6. The molecule has 1 heterocycles. The van der Waals surface area contributed by atoms with Crippen molar-refractivity contribution in [3.8, 4) is 0 Å². The van der Waals surface area contributed by atoms with Gasteiger partial charge < -0.3 is 20.5 Å². The van der Waals surface area contributed by atoms with E-state index in [0.717, 1.165) is 41.1 Å². The second-order valence-corrected chi connectivity index (χ2v) is 6.84. The predicted octanol–water partition coefficient (Wildman–Crippen LogP) is 3.99. The molecule has 2 amide bonds. The highest BCUT2D eigenvalue weighted by Crippen LogP contribution is 2.25. The molecular formula is C19H26N4O2. The number of benzene rings is 1. The van der Waals surface area contributed by atoms with Crippen molar-refractivity contribution in [2.45, 2.75) is 58.7 Å². The van der Waals surface area contributed by atoms with Crippen LogP contribution in [0.1, 0.15) is 61.4 Å². The number of amides is 2. The molecule has 1 aromatic carbocycles. The van der Waals surface area contributed by atoms with Gasteiger partial charge in [-0.2, -0.15) is 0 Å². The molecular weight excluding hydrogens is 316 g/mol. The monoisotopic (exact) mass is 342 g/mol. The smallest absolute Gasteiger partial charge is 0.319 e. The molecule has 3 N–H and O–H groups in total. The summed E-state index contributed by atoms with van der Waals surface area (Å²) in [5, 5.41) is 13.4. The van der Waals surface area contributed by atoms with Crippen LogP contribution in [0.2, 0.25) is 0 Å². The number of carbonyl (C=O) groups excluding carboxylic acids is 1. The third kappa shape index (κ3) is 4.39. The minimum absolute atomic E-state index is 0.131. The van der Waals surface area contributed by atoms with E-state index in [-0.39, 0.29) is 18.1 Å². The molecule has 1 aromatic heterocycles. The van der Waals surface area contributed by atoms with Crippen LogP contribution in [0, 0.1) is 13.8 Å². The Labute approximate surface area is 148 Å². The van der Waals surface area contributed by atoms with Crippen LogP contribution in [0.25, 0.3) is 0 Å². The number of carbonyl (C=O) groups is 1. The van der Waals surface area contributed by atoms with Gasteiger partial charge >= 0.3 is 6.03 Å². The van der Waals surface area contributed by atoms with Gasteiger partial charge in [-0.3, -0.25) is 0 Å². The summed E-state index contributed by atoms with van der Waals surface area (Å²) in [6.45, 7) is 8.13. The maximum atomic E-state index is 11.8. The normalized spacial score (nSPS) is 16.3. The van der Waals surface area contributed by atoms with Gasteiger partial charge in [-0.05, 0) is 58.2 Å². The van der Waals surface area contributed by atoms with Crippen LogP contribution in [0.3, 0.4) is 0 Å². The minimum atomic E-state index is -0.131. The molecule has 1 aliphatic carbocycles. The average molecular weight is 342 g/mol. The van der Waals surface area contributed by atoms with Crippen molar-refractivity contribution in [3.63, 3.8) is 0 Å². The molecule has 1 aliphatic rings. The topological polar surface area (TPSA) is 79.2 Å². The molecule has 1 saturated carbocycles. The van der Waals surface area contributed by atoms with Crippen molar-refractivity contribution < 1.29 is 9.32 Å². The predicted molar refractivity (Wildman–Crippen MR) is 97.6 cm³/mol. The van der Waals surface area contributed by atoms with E-state index in [1.165, 1.54) is 0 Å². The molecule has 1 fully saturated rings. The lowest BCUT2D eigenvalue weighted by atomic mass is 10.0. The van der Waals surface area contributed by atoms with E-state index < -0.39 is 0 Å². The van der Waals surface area contributed by atoms with E-state index in [0.29, 0.717) is 6.04 Å². The Morgan fingerprint density at radius 3 is 2.40 bits per heavy atom. The van der Waals surface area contributed by atoms with E-state index in [1.54, 1.807) is 0 Å². The zero-order chi connectivity index (χ0) is 18.0. The van der Waals surface area contributed by atoms with Crippen LogP contribution in [0.5, 0.6) is 0 Å². The Balaban J connectivity index is 1.58. The fourth-order valence-electron chi connectivity index (χ4n) is 3.10. The molecule has 6 nitrogen and oxygen atoms in total. The number of hydrogen-bond donors (Lipinski definition) is 3. The number of aromatic nitrogens is 1. The first-order valence-corrected chi connectivity index (χ1v) is 8.80. The van der Waals surface area contributed by atoms with Gasteiger partial charge in [0.05, 0.1) is 5.69 Å². The number of anilines is 1. The van der Waals surface area contributed by atoms with Crippen molar-refractivity contribution in [3.05, 3.63) is 46.8 Å². The summed E-state index contributed by atoms with van der Waals surface area (Å²) >= 11 is 0. The molecule has 25 heavy (non-hydrogen) atoms. The molecule has 6 heteroatoms. The number of nitrogens with zero attached hydrogens (tertiary/aromatic N) is 1. The Hall–Kier alpha value is -2.34. The van der Waals surface area contributed by atoms with Gasteiger partial charge in [0.2, 0.25) is 0 Å². The molecule has 0 saturated heterocycles. The molecule has 0 radical (unpaired) electrons.